The number of piperazine rings is 1. The van der Waals surface area contributed by atoms with Crippen LogP contribution in [-0.4, -0.2) is 47.2 Å². The number of hydrogen-bond acceptors (Lipinski definition) is 5. The van der Waals surface area contributed by atoms with E-state index in [1.807, 2.05) is 6.92 Å². The normalized spacial score (nSPS) is 15.7. The zero-order valence-corrected chi connectivity index (χ0v) is 11.9. The zero-order chi connectivity index (χ0) is 14.7. The molecule has 1 aliphatic rings. The van der Waals surface area contributed by atoms with Crippen LogP contribution in [0, 0.1) is 0 Å². The van der Waals surface area contributed by atoms with E-state index in [1.54, 1.807) is 11.4 Å². The molecule has 20 heavy (non-hydrogen) atoms. The van der Waals surface area contributed by atoms with Gasteiger partial charge in [0, 0.05) is 13.1 Å². The number of amides is 3. The molecule has 1 fully saturated rings. The molecule has 0 atom stereocenters. The number of nitrogen functional groups attached to an aromatic ring is 1. The van der Waals surface area contributed by atoms with Gasteiger partial charge in [0.1, 0.15) is 6.54 Å². The quantitative estimate of drug-likeness (QED) is 0.446. The molecular weight excluding hydrogens is 280 g/mol. The van der Waals surface area contributed by atoms with E-state index in [-0.39, 0.29) is 37.4 Å². The Balaban J connectivity index is 2.11. The Morgan fingerprint density at radius 2 is 2.00 bits per heavy atom. The molecule has 0 radical (unpaired) electrons. The monoisotopic (exact) mass is 296 g/mol. The van der Waals surface area contributed by atoms with E-state index >= 15 is 0 Å². The first kappa shape index (κ1) is 14.5. The number of likely N-dealkylation sites (N-methyl/N-ethyl adjacent to an activating group) is 1. The van der Waals surface area contributed by atoms with Crippen molar-refractivity contribution in [2.75, 3.05) is 19.6 Å². The second kappa shape index (κ2) is 6.02. The summed E-state index contributed by atoms with van der Waals surface area (Å²) in [5.41, 5.74) is 2.77. The van der Waals surface area contributed by atoms with Crippen molar-refractivity contribution in [3.63, 3.8) is 0 Å². The Hall–Kier alpha value is -1.93. The molecule has 1 saturated heterocycles. The Labute approximate surface area is 120 Å². The van der Waals surface area contributed by atoms with E-state index in [4.69, 9.17) is 5.84 Å². The van der Waals surface area contributed by atoms with Crippen molar-refractivity contribution in [3.8, 4) is 0 Å². The minimum absolute atomic E-state index is 0.0478. The van der Waals surface area contributed by atoms with Crippen molar-refractivity contribution in [2.24, 2.45) is 5.84 Å². The Bertz CT molecular complexity index is 543. The molecule has 2 heterocycles. The van der Waals surface area contributed by atoms with Crippen LogP contribution < -0.4 is 11.3 Å². The highest BCUT2D eigenvalue weighted by atomic mass is 32.1. The highest BCUT2D eigenvalue weighted by Crippen LogP contribution is 2.19. The summed E-state index contributed by atoms with van der Waals surface area (Å²) in [6.45, 7) is 2.75. The van der Waals surface area contributed by atoms with Gasteiger partial charge in [0.15, 0.2) is 0 Å². The van der Waals surface area contributed by atoms with Gasteiger partial charge < -0.3 is 9.80 Å². The first-order valence-corrected chi connectivity index (χ1v) is 7.07. The highest BCUT2D eigenvalue weighted by Gasteiger charge is 2.29. The number of rotatable bonds is 4. The third-order valence-electron chi connectivity index (χ3n) is 3.18. The van der Waals surface area contributed by atoms with Gasteiger partial charge in [-0.25, -0.2) is 5.84 Å². The van der Waals surface area contributed by atoms with E-state index in [0.29, 0.717) is 17.0 Å². The van der Waals surface area contributed by atoms with Gasteiger partial charge in [0.05, 0.1) is 11.4 Å². The largest absolute Gasteiger partial charge is 0.332 e. The maximum absolute atomic E-state index is 12.0. The number of thiophene rings is 1. The first-order chi connectivity index (χ1) is 9.56. The number of hydrazine groups is 1. The van der Waals surface area contributed by atoms with Crippen LogP contribution in [0.25, 0.3) is 0 Å². The first-order valence-electron chi connectivity index (χ1n) is 6.19. The van der Waals surface area contributed by atoms with Crippen molar-refractivity contribution < 1.29 is 14.4 Å². The van der Waals surface area contributed by atoms with Crippen LogP contribution in [0.3, 0.4) is 0 Å². The predicted molar refractivity (Wildman–Crippen MR) is 73.6 cm³/mol. The molecule has 0 aromatic carbocycles. The van der Waals surface area contributed by atoms with Gasteiger partial charge in [0.2, 0.25) is 11.8 Å². The Morgan fingerprint density at radius 3 is 2.65 bits per heavy atom. The topological polar surface area (TPSA) is 95.7 Å². The lowest BCUT2D eigenvalue weighted by Gasteiger charge is -2.33. The fourth-order valence-electron chi connectivity index (χ4n) is 2.07. The van der Waals surface area contributed by atoms with Gasteiger partial charge >= 0.3 is 0 Å². The van der Waals surface area contributed by atoms with E-state index in [2.05, 4.69) is 5.43 Å². The maximum atomic E-state index is 12.0. The SMILES string of the molecule is CCN1CC(=O)N(Cc2ccsc2C(=O)NN)CC1=O. The summed E-state index contributed by atoms with van der Waals surface area (Å²) < 4.78 is 0. The minimum atomic E-state index is -0.388. The summed E-state index contributed by atoms with van der Waals surface area (Å²) in [4.78, 5) is 38.8. The van der Waals surface area contributed by atoms with Crippen LogP contribution >= 0.6 is 11.3 Å². The van der Waals surface area contributed by atoms with Crippen LogP contribution in [-0.2, 0) is 16.1 Å². The average molecular weight is 296 g/mol. The molecule has 0 saturated carbocycles. The van der Waals surface area contributed by atoms with Crippen LogP contribution in [0.4, 0.5) is 0 Å². The van der Waals surface area contributed by atoms with Crippen molar-refractivity contribution in [3.05, 3.63) is 21.9 Å². The van der Waals surface area contributed by atoms with Gasteiger partial charge in [-0.05, 0) is 23.9 Å². The maximum Gasteiger partial charge on any atom is 0.275 e. The average Bonchev–Trinajstić information content (AvgIpc) is 2.89. The summed E-state index contributed by atoms with van der Waals surface area (Å²) in [6.07, 6.45) is 0. The van der Waals surface area contributed by atoms with Crippen molar-refractivity contribution in [1.82, 2.24) is 15.2 Å². The van der Waals surface area contributed by atoms with Gasteiger partial charge in [-0.3, -0.25) is 19.8 Å². The summed E-state index contributed by atoms with van der Waals surface area (Å²) >= 11 is 1.25. The fraction of sp³-hybridized carbons (Fsp3) is 0.417. The third kappa shape index (κ3) is 2.81. The molecule has 0 spiro atoms. The van der Waals surface area contributed by atoms with Gasteiger partial charge in [-0.2, -0.15) is 0 Å². The second-order valence-corrected chi connectivity index (χ2v) is 5.32. The molecule has 0 bridgehead atoms. The zero-order valence-electron chi connectivity index (χ0n) is 11.1. The van der Waals surface area contributed by atoms with Gasteiger partial charge in [-0.15, -0.1) is 11.3 Å². The fourth-order valence-corrected chi connectivity index (χ4v) is 2.88. The van der Waals surface area contributed by atoms with E-state index in [0.717, 1.165) is 0 Å². The number of carbonyl (C=O) groups is 3. The van der Waals surface area contributed by atoms with Crippen LogP contribution in [0.1, 0.15) is 22.2 Å². The highest BCUT2D eigenvalue weighted by molar-refractivity contribution is 7.12. The van der Waals surface area contributed by atoms with Crippen molar-refractivity contribution in [1.29, 1.82) is 0 Å². The minimum Gasteiger partial charge on any atom is -0.332 e. The number of carbonyl (C=O) groups excluding carboxylic acids is 3. The van der Waals surface area contributed by atoms with Crippen molar-refractivity contribution in [2.45, 2.75) is 13.5 Å². The molecule has 0 aliphatic carbocycles. The second-order valence-electron chi connectivity index (χ2n) is 4.41. The standard InChI is InChI=1S/C12H16N4O3S/c1-2-15-6-10(18)16(7-9(15)17)5-8-3-4-20-11(8)12(19)14-13/h3-4H,2,5-7,13H2,1H3,(H,14,19). The van der Waals surface area contributed by atoms with Gasteiger partial charge in [0.25, 0.3) is 5.91 Å². The Morgan fingerprint density at radius 1 is 1.35 bits per heavy atom. The number of nitrogens with two attached hydrogens (primary N) is 1. The van der Waals surface area contributed by atoms with E-state index < -0.39 is 0 Å². The third-order valence-corrected chi connectivity index (χ3v) is 4.14. The van der Waals surface area contributed by atoms with Crippen molar-refractivity contribution >= 4 is 29.1 Å². The summed E-state index contributed by atoms with van der Waals surface area (Å²) in [5.74, 6) is 4.54. The molecule has 1 aromatic heterocycles. The van der Waals surface area contributed by atoms with Crippen LogP contribution in [0.2, 0.25) is 0 Å². The number of hydrogen-bond donors (Lipinski definition) is 2. The smallest absolute Gasteiger partial charge is 0.275 e. The molecule has 0 unspecified atom stereocenters. The lowest BCUT2D eigenvalue weighted by Crippen LogP contribution is -2.53. The molecule has 2 rings (SSSR count). The van der Waals surface area contributed by atoms with Crippen LogP contribution in [0.5, 0.6) is 0 Å². The molecule has 7 nitrogen and oxygen atoms in total. The molecule has 3 amide bonds. The molecule has 1 aromatic rings. The molecule has 3 N–H and O–H groups in total. The van der Waals surface area contributed by atoms with Crippen LogP contribution in [0.15, 0.2) is 11.4 Å². The Kier molecular flexibility index (Phi) is 4.35. The van der Waals surface area contributed by atoms with E-state index in [1.165, 1.54) is 21.1 Å². The summed E-state index contributed by atoms with van der Waals surface area (Å²) in [5, 5.41) is 1.76. The number of nitrogens with zero attached hydrogens (tertiary/aromatic N) is 2. The lowest BCUT2D eigenvalue weighted by molar-refractivity contribution is -0.150. The molecule has 8 heteroatoms. The molecule has 108 valence electrons. The molecular formula is C12H16N4O3S. The molecule has 1 aliphatic heterocycles. The summed E-state index contributed by atoms with van der Waals surface area (Å²) in [7, 11) is 0. The number of nitrogens with one attached hydrogen (secondary N) is 1. The predicted octanol–water partition coefficient (Wildman–Crippen LogP) is -0.458. The summed E-state index contributed by atoms with van der Waals surface area (Å²) in [6, 6.07) is 1.76. The lowest BCUT2D eigenvalue weighted by atomic mass is 10.2. The van der Waals surface area contributed by atoms with Gasteiger partial charge in [-0.1, -0.05) is 0 Å². The van der Waals surface area contributed by atoms with E-state index in [9.17, 15) is 14.4 Å².